The molecule has 0 saturated carbocycles. The van der Waals surface area contributed by atoms with Gasteiger partial charge >= 0.3 is 6.18 Å². The summed E-state index contributed by atoms with van der Waals surface area (Å²) in [6.07, 6.45) is -2.72. The van der Waals surface area contributed by atoms with Crippen molar-refractivity contribution in [3.05, 3.63) is 94.5 Å². The van der Waals surface area contributed by atoms with Gasteiger partial charge in [0.1, 0.15) is 0 Å². The van der Waals surface area contributed by atoms with Gasteiger partial charge in [0, 0.05) is 5.69 Å². The summed E-state index contributed by atoms with van der Waals surface area (Å²) in [7, 11) is 0. The van der Waals surface area contributed by atoms with Crippen LogP contribution in [-0.2, 0) is 6.18 Å². The molecule has 34 heavy (non-hydrogen) atoms. The zero-order valence-corrected chi connectivity index (χ0v) is 19.7. The SMILES string of the molecule is C/C(=N\Nc1ccc(C=NNC(=S)Nc2c(C)cccc2C)cc1)c1ccc(C(F)(F)F)cc1. The zero-order valence-electron chi connectivity index (χ0n) is 18.9. The van der Waals surface area contributed by atoms with E-state index >= 15 is 0 Å². The van der Waals surface area contributed by atoms with E-state index in [2.05, 4.69) is 26.4 Å². The van der Waals surface area contributed by atoms with E-state index in [1.165, 1.54) is 12.1 Å². The second kappa shape index (κ2) is 10.9. The molecule has 3 aromatic carbocycles. The smallest absolute Gasteiger partial charge is 0.331 e. The predicted molar refractivity (Wildman–Crippen MR) is 137 cm³/mol. The number of halogens is 3. The first kappa shape index (κ1) is 24.9. The minimum atomic E-state index is -4.36. The number of anilines is 2. The summed E-state index contributed by atoms with van der Waals surface area (Å²) in [5.41, 5.74) is 10.9. The van der Waals surface area contributed by atoms with Gasteiger partial charge in [-0.1, -0.05) is 42.5 Å². The molecule has 3 N–H and O–H groups in total. The Bertz CT molecular complexity index is 1180. The molecule has 0 saturated heterocycles. The fourth-order valence-corrected chi connectivity index (χ4v) is 3.23. The lowest BCUT2D eigenvalue weighted by atomic mass is 10.1. The summed E-state index contributed by atoms with van der Waals surface area (Å²) in [4.78, 5) is 0. The van der Waals surface area contributed by atoms with Crippen LogP contribution < -0.4 is 16.2 Å². The van der Waals surface area contributed by atoms with Crippen LogP contribution in [0.25, 0.3) is 0 Å². The van der Waals surface area contributed by atoms with Crippen molar-refractivity contribution in [2.45, 2.75) is 26.9 Å². The Labute approximate surface area is 201 Å². The lowest BCUT2D eigenvalue weighted by Crippen LogP contribution is -2.24. The largest absolute Gasteiger partial charge is 0.416 e. The van der Waals surface area contributed by atoms with Crippen LogP contribution in [0.3, 0.4) is 0 Å². The van der Waals surface area contributed by atoms with Gasteiger partial charge in [-0.15, -0.1) is 0 Å². The Kier molecular flexibility index (Phi) is 8.01. The van der Waals surface area contributed by atoms with Crippen molar-refractivity contribution in [1.29, 1.82) is 0 Å². The van der Waals surface area contributed by atoms with E-state index in [9.17, 15) is 13.2 Å². The van der Waals surface area contributed by atoms with Crippen molar-refractivity contribution in [2.24, 2.45) is 10.2 Å². The zero-order chi connectivity index (χ0) is 24.7. The fraction of sp³-hybridized carbons (Fsp3) is 0.160. The molecule has 0 atom stereocenters. The van der Waals surface area contributed by atoms with E-state index in [1.807, 2.05) is 56.3 Å². The van der Waals surface area contributed by atoms with Gasteiger partial charge < -0.3 is 5.32 Å². The number of para-hydroxylation sites is 1. The van der Waals surface area contributed by atoms with E-state index in [4.69, 9.17) is 12.2 Å². The molecule has 0 spiro atoms. The fourth-order valence-electron chi connectivity index (χ4n) is 3.08. The average Bonchev–Trinajstić information content (AvgIpc) is 2.80. The third-order valence-corrected chi connectivity index (χ3v) is 5.19. The van der Waals surface area contributed by atoms with E-state index in [0.717, 1.165) is 40.2 Å². The molecule has 0 radical (unpaired) electrons. The van der Waals surface area contributed by atoms with Crippen molar-refractivity contribution in [2.75, 3.05) is 10.7 Å². The van der Waals surface area contributed by atoms with Crippen molar-refractivity contribution >= 4 is 40.6 Å². The Morgan fingerprint density at radius 3 is 2.12 bits per heavy atom. The number of benzene rings is 3. The number of hydrazone groups is 2. The normalized spacial score (nSPS) is 12.0. The molecule has 9 heteroatoms. The van der Waals surface area contributed by atoms with Crippen molar-refractivity contribution in [1.82, 2.24) is 5.43 Å². The van der Waals surface area contributed by atoms with Crippen LogP contribution in [0.15, 0.2) is 76.9 Å². The number of rotatable bonds is 6. The first-order valence-electron chi connectivity index (χ1n) is 10.4. The summed E-state index contributed by atoms with van der Waals surface area (Å²) < 4.78 is 38.1. The van der Waals surface area contributed by atoms with Crippen LogP contribution in [0.4, 0.5) is 24.5 Å². The topological polar surface area (TPSA) is 60.8 Å². The Morgan fingerprint density at radius 2 is 1.53 bits per heavy atom. The molecule has 0 aliphatic rings. The van der Waals surface area contributed by atoms with Gasteiger partial charge in [0.25, 0.3) is 0 Å². The highest BCUT2D eigenvalue weighted by atomic mass is 32.1. The number of aryl methyl sites for hydroxylation is 2. The third kappa shape index (κ3) is 6.89. The van der Waals surface area contributed by atoms with E-state index < -0.39 is 11.7 Å². The summed E-state index contributed by atoms with van der Waals surface area (Å²) >= 11 is 5.30. The molecule has 0 bridgehead atoms. The Hall–Kier alpha value is -3.72. The molecule has 0 aliphatic heterocycles. The maximum Gasteiger partial charge on any atom is 0.416 e. The lowest BCUT2D eigenvalue weighted by Gasteiger charge is -2.12. The van der Waals surface area contributed by atoms with Gasteiger partial charge in [-0.2, -0.15) is 23.4 Å². The minimum absolute atomic E-state index is 0.389. The van der Waals surface area contributed by atoms with E-state index in [1.54, 1.807) is 13.1 Å². The van der Waals surface area contributed by atoms with E-state index in [0.29, 0.717) is 16.4 Å². The summed E-state index contributed by atoms with van der Waals surface area (Å²) in [6, 6.07) is 18.2. The highest BCUT2D eigenvalue weighted by Gasteiger charge is 2.29. The summed E-state index contributed by atoms with van der Waals surface area (Å²) in [5.74, 6) is 0. The molecule has 0 fully saturated rings. The van der Waals surface area contributed by atoms with Crippen LogP contribution >= 0.6 is 12.2 Å². The molecular formula is C25H24F3N5S. The number of hydrogen-bond donors (Lipinski definition) is 3. The molecule has 176 valence electrons. The van der Waals surface area contributed by atoms with Crippen molar-refractivity contribution in [3.8, 4) is 0 Å². The maximum absolute atomic E-state index is 12.7. The van der Waals surface area contributed by atoms with Gasteiger partial charge in [-0.3, -0.25) is 10.9 Å². The third-order valence-electron chi connectivity index (χ3n) is 4.99. The Balaban J connectivity index is 1.53. The Morgan fingerprint density at radius 1 is 0.912 bits per heavy atom. The highest BCUT2D eigenvalue weighted by Crippen LogP contribution is 2.29. The molecular weight excluding hydrogens is 459 g/mol. The van der Waals surface area contributed by atoms with Gasteiger partial charge in [-0.25, -0.2) is 0 Å². The summed E-state index contributed by atoms with van der Waals surface area (Å²) in [5, 5.41) is 11.9. The second-order valence-electron chi connectivity index (χ2n) is 7.60. The van der Waals surface area contributed by atoms with E-state index in [-0.39, 0.29) is 0 Å². The summed E-state index contributed by atoms with van der Waals surface area (Å²) in [6.45, 7) is 5.73. The predicted octanol–water partition coefficient (Wildman–Crippen LogP) is 6.48. The molecule has 0 heterocycles. The monoisotopic (exact) mass is 483 g/mol. The first-order valence-corrected chi connectivity index (χ1v) is 10.8. The maximum atomic E-state index is 12.7. The lowest BCUT2D eigenvalue weighted by molar-refractivity contribution is -0.137. The molecule has 0 unspecified atom stereocenters. The second-order valence-corrected chi connectivity index (χ2v) is 8.01. The highest BCUT2D eigenvalue weighted by molar-refractivity contribution is 7.80. The quantitative estimate of drug-likeness (QED) is 0.213. The van der Waals surface area contributed by atoms with Crippen LogP contribution in [-0.4, -0.2) is 17.0 Å². The molecule has 3 aromatic rings. The molecule has 0 amide bonds. The van der Waals surface area contributed by atoms with Crippen LogP contribution in [0, 0.1) is 13.8 Å². The number of alkyl halides is 3. The van der Waals surface area contributed by atoms with Gasteiger partial charge in [0.15, 0.2) is 5.11 Å². The van der Waals surface area contributed by atoms with Crippen molar-refractivity contribution in [3.63, 3.8) is 0 Å². The van der Waals surface area contributed by atoms with Crippen LogP contribution in [0.5, 0.6) is 0 Å². The van der Waals surface area contributed by atoms with Crippen molar-refractivity contribution < 1.29 is 13.2 Å². The van der Waals surface area contributed by atoms with Gasteiger partial charge in [-0.05, 0) is 79.5 Å². The number of hydrogen-bond acceptors (Lipinski definition) is 4. The number of nitrogens with zero attached hydrogens (tertiary/aromatic N) is 2. The number of thiocarbonyl (C=S) groups is 1. The average molecular weight is 484 g/mol. The number of nitrogens with one attached hydrogen (secondary N) is 3. The minimum Gasteiger partial charge on any atom is -0.331 e. The van der Waals surface area contributed by atoms with Crippen LogP contribution in [0.1, 0.15) is 34.7 Å². The molecule has 0 aliphatic carbocycles. The van der Waals surface area contributed by atoms with Gasteiger partial charge in [0.05, 0.1) is 23.2 Å². The molecule has 0 aromatic heterocycles. The molecule has 5 nitrogen and oxygen atoms in total. The van der Waals surface area contributed by atoms with Gasteiger partial charge in [0.2, 0.25) is 0 Å². The molecule has 3 rings (SSSR count). The van der Waals surface area contributed by atoms with Crippen LogP contribution in [0.2, 0.25) is 0 Å². The first-order chi connectivity index (χ1) is 16.1. The standard InChI is InChI=1S/C25H24F3N5S/c1-16-5-4-6-17(2)23(16)30-24(34)33-29-15-19-7-13-22(14-8-19)32-31-18(3)20-9-11-21(12-10-20)25(26,27)28/h4-15,32H,1-3H3,(H2,30,33,34)/b29-15?,31-18+.